The van der Waals surface area contributed by atoms with Gasteiger partial charge in [0.25, 0.3) is 0 Å². The molecule has 0 bridgehead atoms. The van der Waals surface area contributed by atoms with Crippen LogP contribution in [0.2, 0.25) is 0 Å². The standard InChI is InChI=1S/C20H21N5O2/c1-4-27-19(26)15-6-9-16(10-7-15)23-20-24-18(12-21-25-20)22-17-8-5-13(2)14(3)11-17/h5-12H,4H2,1-3H3,(H2,22,23,24,25). The first-order chi connectivity index (χ1) is 13.0. The number of aryl methyl sites for hydroxylation is 2. The van der Waals surface area contributed by atoms with Gasteiger partial charge in [0.2, 0.25) is 5.95 Å². The molecule has 27 heavy (non-hydrogen) atoms. The Hall–Kier alpha value is -3.48. The second-order valence-corrected chi connectivity index (χ2v) is 6.01. The lowest BCUT2D eigenvalue weighted by Gasteiger charge is -2.09. The predicted octanol–water partition coefficient (Wildman–Crippen LogP) is 4.15. The summed E-state index contributed by atoms with van der Waals surface area (Å²) in [5, 5.41) is 14.3. The Kier molecular flexibility index (Phi) is 5.61. The molecule has 138 valence electrons. The van der Waals surface area contributed by atoms with E-state index in [9.17, 15) is 4.79 Å². The minimum atomic E-state index is -0.346. The maximum atomic E-state index is 11.7. The molecular formula is C20H21N5O2. The number of carbonyl (C=O) groups excluding carboxylic acids is 1. The van der Waals surface area contributed by atoms with Crippen LogP contribution in [0.15, 0.2) is 48.7 Å². The molecule has 3 aromatic rings. The number of nitrogens with one attached hydrogen (secondary N) is 2. The van der Waals surface area contributed by atoms with Crippen molar-refractivity contribution in [3.63, 3.8) is 0 Å². The Labute approximate surface area is 157 Å². The van der Waals surface area contributed by atoms with Crippen LogP contribution in [0.5, 0.6) is 0 Å². The van der Waals surface area contributed by atoms with E-state index in [1.807, 2.05) is 6.07 Å². The van der Waals surface area contributed by atoms with Crippen LogP contribution in [0, 0.1) is 13.8 Å². The van der Waals surface area contributed by atoms with E-state index in [1.165, 1.54) is 11.1 Å². The molecule has 0 unspecified atom stereocenters. The minimum Gasteiger partial charge on any atom is -0.462 e. The lowest BCUT2D eigenvalue weighted by Crippen LogP contribution is -2.05. The van der Waals surface area contributed by atoms with Gasteiger partial charge in [-0.2, -0.15) is 10.1 Å². The zero-order chi connectivity index (χ0) is 19.2. The summed E-state index contributed by atoms with van der Waals surface area (Å²) in [6.45, 7) is 6.25. The van der Waals surface area contributed by atoms with Crippen molar-refractivity contribution in [1.29, 1.82) is 0 Å². The van der Waals surface area contributed by atoms with Crippen molar-refractivity contribution in [3.8, 4) is 0 Å². The van der Waals surface area contributed by atoms with E-state index < -0.39 is 0 Å². The highest BCUT2D eigenvalue weighted by atomic mass is 16.5. The van der Waals surface area contributed by atoms with Gasteiger partial charge in [-0.1, -0.05) is 6.07 Å². The van der Waals surface area contributed by atoms with Gasteiger partial charge in [-0.15, -0.1) is 5.10 Å². The monoisotopic (exact) mass is 363 g/mol. The predicted molar refractivity (Wildman–Crippen MR) is 105 cm³/mol. The second kappa shape index (κ2) is 8.27. The fraction of sp³-hybridized carbons (Fsp3) is 0.200. The number of benzene rings is 2. The summed E-state index contributed by atoms with van der Waals surface area (Å²) in [7, 11) is 0. The quantitative estimate of drug-likeness (QED) is 0.636. The zero-order valence-corrected chi connectivity index (χ0v) is 15.5. The Bertz CT molecular complexity index is 941. The molecule has 0 fully saturated rings. The van der Waals surface area contributed by atoms with E-state index in [0.717, 1.165) is 11.4 Å². The van der Waals surface area contributed by atoms with Gasteiger partial charge in [0, 0.05) is 11.4 Å². The molecule has 0 atom stereocenters. The molecule has 1 aromatic heterocycles. The highest BCUT2D eigenvalue weighted by Crippen LogP contribution is 2.19. The number of esters is 1. The fourth-order valence-electron chi connectivity index (χ4n) is 2.42. The van der Waals surface area contributed by atoms with Gasteiger partial charge in [0.05, 0.1) is 18.4 Å². The number of anilines is 4. The summed E-state index contributed by atoms with van der Waals surface area (Å²) in [6.07, 6.45) is 1.56. The number of hydrogen-bond donors (Lipinski definition) is 2. The summed E-state index contributed by atoms with van der Waals surface area (Å²) in [5.41, 5.74) is 4.60. The lowest BCUT2D eigenvalue weighted by molar-refractivity contribution is 0.0526. The number of carbonyl (C=O) groups is 1. The largest absolute Gasteiger partial charge is 0.462 e. The molecule has 0 spiro atoms. The Morgan fingerprint density at radius 3 is 2.44 bits per heavy atom. The van der Waals surface area contributed by atoms with Gasteiger partial charge in [-0.05, 0) is 68.3 Å². The summed E-state index contributed by atoms with van der Waals surface area (Å²) < 4.78 is 4.97. The first kappa shape index (κ1) is 18.3. The third-order valence-electron chi connectivity index (χ3n) is 3.99. The van der Waals surface area contributed by atoms with Crippen LogP contribution < -0.4 is 10.6 Å². The van der Waals surface area contributed by atoms with Crippen molar-refractivity contribution < 1.29 is 9.53 Å². The van der Waals surface area contributed by atoms with E-state index in [2.05, 4.69) is 51.8 Å². The molecule has 1 heterocycles. The normalized spacial score (nSPS) is 10.3. The topological polar surface area (TPSA) is 89.0 Å². The lowest BCUT2D eigenvalue weighted by atomic mass is 10.1. The average Bonchev–Trinajstić information content (AvgIpc) is 2.66. The Balaban J connectivity index is 1.70. The number of aromatic nitrogens is 3. The van der Waals surface area contributed by atoms with E-state index >= 15 is 0 Å². The summed E-state index contributed by atoms with van der Waals surface area (Å²) in [5.74, 6) is 0.591. The smallest absolute Gasteiger partial charge is 0.338 e. The zero-order valence-electron chi connectivity index (χ0n) is 15.5. The highest BCUT2D eigenvalue weighted by Gasteiger charge is 2.07. The molecule has 0 radical (unpaired) electrons. The molecule has 3 rings (SSSR count). The van der Waals surface area contributed by atoms with E-state index in [1.54, 1.807) is 37.4 Å². The molecule has 2 aromatic carbocycles. The van der Waals surface area contributed by atoms with Crippen molar-refractivity contribution in [2.75, 3.05) is 17.2 Å². The molecule has 0 saturated heterocycles. The molecule has 2 N–H and O–H groups in total. The molecule has 0 aliphatic heterocycles. The van der Waals surface area contributed by atoms with Crippen molar-refractivity contribution >= 4 is 29.1 Å². The number of nitrogens with zero attached hydrogens (tertiary/aromatic N) is 3. The number of hydrogen-bond acceptors (Lipinski definition) is 7. The van der Waals surface area contributed by atoms with E-state index in [-0.39, 0.29) is 5.97 Å². The number of rotatable bonds is 6. The van der Waals surface area contributed by atoms with Crippen LogP contribution in [-0.4, -0.2) is 27.8 Å². The van der Waals surface area contributed by atoms with E-state index in [0.29, 0.717) is 23.9 Å². The summed E-state index contributed by atoms with van der Waals surface area (Å²) >= 11 is 0. The minimum absolute atomic E-state index is 0.346. The maximum absolute atomic E-state index is 11.7. The second-order valence-electron chi connectivity index (χ2n) is 6.01. The molecule has 7 nitrogen and oxygen atoms in total. The molecule has 0 amide bonds. The van der Waals surface area contributed by atoms with E-state index in [4.69, 9.17) is 4.74 Å². The van der Waals surface area contributed by atoms with Crippen LogP contribution in [0.1, 0.15) is 28.4 Å². The fourth-order valence-corrected chi connectivity index (χ4v) is 2.42. The maximum Gasteiger partial charge on any atom is 0.338 e. The third kappa shape index (κ3) is 4.78. The van der Waals surface area contributed by atoms with Gasteiger partial charge in [0.1, 0.15) is 0 Å². The molecule has 7 heteroatoms. The summed E-state index contributed by atoms with van der Waals surface area (Å²) in [6, 6.07) is 13.0. The van der Waals surface area contributed by atoms with Crippen LogP contribution in [0.3, 0.4) is 0 Å². The molecule has 0 aliphatic rings. The van der Waals surface area contributed by atoms with Crippen molar-refractivity contribution in [3.05, 3.63) is 65.4 Å². The van der Waals surface area contributed by atoms with Crippen molar-refractivity contribution in [2.45, 2.75) is 20.8 Å². The van der Waals surface area contributed by atoms with Gasteiger partial charge in [-0.3, -0.25) is 0 Å². The van der Waals surface area contributed by atoms with Crippen LogP contribution >= 0.6 is 0 Å². The third-order valence-corrected chi connectivity index (χ3v) is 3.99. The van der Waals surface area contributed by atoms with Crippen molar-refractivity contribution in [1.82, 2.24) is 15.2 Å². The average molecular weight is 363 g/mol. The summed E-state index contributed by atoms with van der Waals surface area (Å²) in [4.78, 5) is 16.1. The van der Waals surface area contributed by atoms with Gasteiger partial charge in [-0.25, -0.2) is 4.79 Å². The Morgan fingerprint density at radius 2 is 1.74 bits per heavy atom. The SMILES string of the molecule is CCOC(=O)c1ccc(Nc2nncc(Nc3ccc(C)c(C)c3)n2)cc1. The highest BCUT2D eigenvalue weighted by molar-refractivity contribution is 5.89. The van der Waals surface area contributed by atoms with Gasteiger partial charge in [0.15, 0.2) is 5.82 Å². The first-order valence-electron chi connectivity index (χ1n) is 8.63. The van der Waals surface area contributed by atoms with Crippen molar-refractivity contribution in [2.24, 2.45) is 0 Å². The first-order valence-corrected chi connectivity index (χ1v) is 8.63. The number of ether oxygens (including phenoxy) is 1. The Morgan fingerprint density at radius 1 is 1.00 bits per heavy atom. The van der Waals surface area contributed by atoms with Crippen LogP contribution in [-0.2, 0) is 4.74 Å². The van der Waals surface area contributed by atoms with Gasteiger partial charge < -0.3 is 15.4 Å². The van der Waals surface area contributed by atoms with Crippen LogP contribution in [0.4, 0.5) is 23.1 Å². The molecular weight excluding hydrogens is 342 g/mol. The molecule has 0 saturated carbocycles. The molecule has 0 aliphatic carbocycles. The van der Waals surface area contributed by atoms with Crippen LogP contribution in [0.25, 0.3) is 0 Å². The van der Waals surface area contributed by atoms with Gasteiger partial charge >= 0.3 is 5.97 Å².